The molecular formula is C13H15N3O2. The minimum atomic E-state index is 0.548. The van der Waals surface area contributed by atoms with Crippen LogP contribution >= 0.6 is 0 Å². The molecule has 0 N–H and O–H groups in total. The van der Waals surface area contributed by atoms with Gasteiger partial charge in [-0.3, -0.25) is 0 Å². The van der Waals surface area contributed by atoms with Gasteiger partial charge >= 0.3 is 0 Å². The van der Waals surface area contributed by atoms with Gasteiger partial charge in [0, 0.05) is 17.7 Å². The van der Waals surface area contributed by atoms with E-state index in [1.54, 1.807) is 20.5 Å². The third-order valence-electron chi connectivity index (χ3n) is 3.12. The Morgan fingerprint density at radius 2 is 1.78 bits per heavy atom. The summed E-state index contributed by atoms with van der Waals surface area (Å²) in [5.41, 5.74) is 0.968. The third kappa shape index (κ3) is 1.92. The van der Waals surface area contributed by atoms with Gasteiger partial charge in [-0.15, -0.1) is 10.2 Å². The molecule has 1 aromatic carbocycles. The first kappa shape index (κ1) is 11.1. The highest BCUT2D eigenvalue weighted by molar-refractivity contribution is 5.61. The first-order valence-corrected chi connectivity index (χ1v) is 5.95. The fourth-order valence-corrected chi connectivity index (χ4v) is 2.01. The fourth-order valence-electron chi connectivity index (χ4n) is 2.01. The van der Waals surface area contributed by atoms with E-state index in [9.17, 15) is 0 Å². The molecule has 1 heterocycles. The number of benzene rings is 1. The summed E-state index contributed by atoms with van der Waals surface area (Å²) >= 11 is 0. The molecule has 94 valence electrons. The summed E-state index contributed by atoms with van der Waals surface area (Å²) in [6, 6.07) is 6.30. The van der Waals surface area contributed by atoms with Gasteiger partial charge in [0.25, 0.3) is 0 Å². The predicted molar refractivity (Wildman–Crippen MR) is 66.8 cm³/mol. The highest BCUT2D eigenvalue weighted by Crippen LogP contribution is 2.38. The van der Waals surface area contributed by atoms with Gasteiger partial charge < -0.3 is 14.0 Å². The maximum atomic E-state index is 5.27. The molecule has 0 aliphatic heterocycles. The number of rotatable bonds is 4. The van der Waals surface area contributed by atoms with Gasteiger partial charge in [0.15, 0.2) is 5.82 Å². The van der Waals surface area contributed by atoms with Crippen LogP contribution in [0.5, 0.6) is 11.5 Å². The molecular weight excluding hydrogens is 230 g/mol. The van der Waals surface area contributed by atoms with Crippen LogP contribution in [0.25, 0.3) is 11.4 Å². The van der Waals surface area contributed by atoms with E-state index in [0.717, 1.165) is 22.9 Å². The summed E-state index contributed by atoms with van der Waals surface area (Å²) in [7, 11) is 3.29. The molecule has 0 unspecified atom stereocenters. The minimum Gasteiger partial charge on any atom is -0.497 e. The van der Waals surface area contributed by atoms with Crippen molar-refractivity contribution < 1.29 is 9.47 Å². The monoisotopic (exact) mass is 245 g/mol. The number of hydrogen-bond acceptors (Lipinski definition) is 4. The first-order valence-electron chi connectivity index (χ1n) is 5.95. The molecule has 5 nitrogen and oxygen atoms in total. The smallest absolute Gasteiger partial charge is 0.164 e. The van der Waals surface area contributed by atoms with Crippen molar-refractivity contribution in [3.8, 4) is 22.9 Å². The van der Waals surface area contributed by atoms with Crippen molar-refractivity contribution in [3.63, 3.8) is 0 Å². The molecule has 0 radical (unpaired) electrons. The van der Waals surface area contributed by atoms with Crippen LogP contribution in [0.2, 0.25) is 0 Å². The molecule has 0 amide bonds. The van der Waals surface area contributed by atoms with Gasteiger partial charge in [-0.25, -0.2) is 0 Å². The maximum Gasteiger partial charge on any atom is 0.164 e. The van der Waals surface area contributed by atoms with Crippen LogP contribution in [-0.2, 0) is 0 Å². The molecule has 5 heteroatoms. The Balaban J connectivity index is 2.06. The lowest BCUT2D eigenvalue weighted by Gasteiger charge is -2.09. The highest BCUT2D eigenvalue weighted by Gasteiger charge is 2.26. The number of methoxy groups -OCH3 is 2. The summed E-state index contributed by atoms with van der Waals surface area (Å²) in [6.07, 6.45) is 4.19. The number of nitrogens with zero attached hydrogens (tertiary/aromatic N) is 3. The average Bonchev–Trinajstić information content (AvgIpc) is 3.15. The van der Waals surface area contributed by atoms with Gasteiger partial charge in [-0.1, -0.05) is 0 Å². The van der Waals surface area contributed by atoms with Crippen molar-refractivity contribution >= 4 is 0 Å². The largest absolute Gasteiger partial charge is 0.497 e. The SMILES string of the molecule is COc1cc(OC)cc(-c2nncn2C2CC2)c1. The van der Waals surface area contributed by atoms with Crippen molar-refractivity contribution in [2.45, 2.75) is 18.9 Å². The fraction of sp³-hybridized carbons (Fsp3) is 0.385. The maximum absolute atomic E-state index is 5.27. The zero-order valence-electron chi connectivity index (χ0n) is 10.5. The molecule has 0 bridgehead atoms. The molecule has 18 heavy (non-hydrogen) atoms. The van der Waals surface area contributed by atoms with Crippen LogP contribution < -0.4 is 9.47 Å². The van der Waals surface area contributed by atoms with Gasteiger partial charge in [0.1, 0.15) is 17.8 Å². The summed E-state index contributed by atoms with van der Waals surface area (Å²) < 4.78 is 12.7. The average molecular weight is 245 g/mol. The highest BCUT2D eigenvalue weighted by atomic mass is 16.5. The molecule has 0 saturated heterocycles. The molecule has 2 aromatic rings. The number of ether oxygens (including phenoxy) is 2. The first-order chi connectivity index (χ1) is 8.81. The molecule has 3 rings (SSSR count). The van der Waals surface area contributed by atoms with E-state index in [0.29, 0.717) is 6.04 Å². The van der Waals surface area contributed by atoms with Crippen LogP contribution in [0.1, 0.15) is 18.9 Å². The Labute approximate surface area is 105 Å². The second-order valence-corrected chi connectivity index (χ2v) is 4.39. The van der Waals surface area contributed by atoms with Crippen molar-refractivity contribution in [2.24, 2.45) is 0 Å². The van der Waals surface area contributed by atoms with E-state index in [1.807, 2.05) is 18.2 Å². The minimum absolute atomic E-state index is 0.548. The second-order valence-electron chi connectivity index (χ2n) is 4.39. The molecule has 1 aliphatic carbocycles. The molecule has 1 aliphatic rings. The standard InChI is InChI=1S/C13H15N3O2/c1-17-11-5-9(6-12(7-11)18-2)13-15-14-8-16(13)10-3-4-10/h5-8,10H,3-4H2,1-2H3. The normalized spacial score (nSPS) is 14.6. The summed E-state index contributed by atoms with van der Waals surface area (Å²) in [6.45, 7) is 0. The number of aromatic nitrogens is 3. The molecule has 1 aromatic heterocycles. The van der Waals surface area contributed by atoms with Crippen LogP contribution in [0.4, 0.5) is 0 Å². The third-order valence-corrected chi connectivity index (χ3v) is 3.12. The van der Waals surface area contributed by atoms with Crippen LogP contribution in [-0.4, -0.2) is 29.0 Å². The molecule has 1 fully saturated rings. The van der Waals surface area contributed by atoms with Crippen molar-refractivity contribution in [3.05, 3.63) is 24.5 Å². The Morgan fingerprint density at radius 1 is 1.11 bits per heavy atom. The Morgan fingerprint density at radius 3 is 2.33 bits per heavy atom. The Kier molecular flexibility index (Phi) is 2.66. The lowest BCUT2D eigenvalue weighted by atomic mass is 10.2. The second kappa shape index (κ2) is 4.33. The summed E-state index contributed by atoms with van der Waals surface area (Å²) in [4.78, 5) is 0. The van der Waals surface area contributed by atoms with Crippen molar-refractivity contribution in [1.82, 2.24) is 14.8 Å². The molecule has 0 spiro atoms. The van der Waals surface area contributed by atoms with Gasteiger partial charge in [-0.05, 0) is 25.0 Å². The van der Waals surface area contributed by atoms with Crippen LogP contribution in [0.3, 0.4) is 0 Å². The van der Waals surface area contributed by atoms with Crippen LogP contribution in [0, 0.1) is 0 Å². The Bertz CT molecular complexity index is 539. The summed E-state index contributed by atoms with van der Waals surface area (Å²) in [5, 5.41) is 8.20. The van der Waals surface area contributed by atoms with Gasteiger partial charge in [0.2, 0.25) is 0 Å². The van der Waals surface area contributed by atoms with E-state index >= 15 is 0 Å². The van der Waals surface area contributed by atoms with E-state index in [4.69, 9.17) is 9.47 Å². The zero-order chi connectivity index (χ0) is 12.5. The zero-order valence-corrected chi connectivity index (χ0v) is 10.5. The van der Waals surface area contributed by atoms with E-state index in [2.05, 4.69) is 14.8 Å². The lowest BCUT2D eigenvalue weighted by Crippen LogP contribution is -1.97. The Hall–Kier alpha value is -2.04. The summed E-state index contributed by atoms with van der Waals surface area (Å²) in [5.74, 6) is 2.39. The quantitative estimate of drug-likeness (QED) is 0.829. The van der Waals surface area contributed by atoms with Gasteiger partial charge in [0.05, 0.1) is 14.2 Å². The van der Waals surface area contributed by atoms with Crippen LogP contribution in [0.15, 0.2) is 24.5 Å². The van der Waals surface area contributed by atoms with E-state index in [1.165, 1.54) is 12.8 Å². The molecule has 1 saturated carbocycles. The van der Waals surface area contributed by atoms with E-state index in [-0.39, 0.29) is 0 Å². The lowest BCUT2D eigenvalue weighted by molar-refractivity contribution is 0.394. The molecule has 0 atom stereocenters. The van der Waals surface area contributed by atoms with Gasteiger partial charge in [-0.2, -0.15) is 0 Å². The van der Waals surface area contributed by atoms with E-state index < -0.39 is 0 Å². The van der Waals surface area contributed by atoms with Crippen molar-refractivity contribution in [1.29, 1.82) is 0 Å². The predicted octanol–water partition coefficient (Wildman–Crippen LogP) is 2.30. The number of hydrogen-bond donors (Lipinski definition) is 0. The van der Waals surface area contributed by atoms with Crippen molar-refractivity contribution in [2.75, 3.05) is 14.2 Å². The topological polar surface area (TPSA) is 49.2 Å².